The third kappa shape index (κ3) is 11.8. The van der Waals surface area contributed by atoms with Crippen LogP contribution in [0.4, 0.5) is 26.7 Å². The molecule has 24 heteroatoms. The molecule has 350 valence electrons. The number of carbonyl (C=O) groups is 6. The van der Waals surface area contributed by atoms with Crippen LogP contribution in [0.1, 0.15) is 49.7 Å². The number of fused-ring (bicyclic) bond motifs is 1. The third-order valence-electron chi connectivity index (χ3n) is 11.6. The highest BCUT2D eigenvalue weighted by atomic mass is 35.5. The monoisotopic (exact) mass is 964 g/mol. The average molecular weight is 966 g/mol. The van der Waals surface area contributed by atoms with Gasteiger partial charge in [-0.25, -0.2) is 27.4 Å². The summed E-state index contributed by atoms with van der Waals surface area (Å²) in [6.07, 6.45) is 0.126. The Balaban J connectivity index is 1.21. The Morgan fingerprint density at radius 1 is 0.909 bits per heavy atom. The summed E-state index contributed by atoms with van der Waals surface area (Å²) in [4.78, 5) is 80.0. The van der Waals surface area contributed by atoms with Crippen LogP contribution in [-0.2, 0) is 35.1 Å². The Morgan fingerprint density at radius 3 is 2.21 bits per heavy atom. The molecule has 1 aliphatic rings. The molecule has 3 aromatic carbocycles. The van der Waals surface area contributed by atoms with Gasteiger partial charge in [0.05, 0.1) is 35.0 Å². The van der Waals surface area contributed by atoms with Gasteiger partial charge in [-0.1, -0.05) is 44.5 Å². The lowest BCUT2D eigenvalue weighted by Gasteiger charge is -2.38. The molecule has 0 saturated carbocycles. The van der Waals surface area contributed by atoms with Gasteiger partial charge >= 0.3 is 29.9 Å². The molecule has 0 aliphatic carbocycles. The van der Waals surface area contributed by atoms with Crippen LogP contribution in [-0.4, -0.2) is 129 Å². The summed E-state index contributed by atoms with van der Waals surface area (Å²) < 4.78 is 32.7. The van der Waals surface area contributed by atoms with Crippen molar-refractivity contribution in [2.45, 2.75) is 70.2 Å². The maximum absolute atomic E-state index is 14.0. The number of urea groups is 1. The number of anilines is 3. The van der Waals surface area contributed by atoms with Crippen LogP contribution in [0.25, 0.3) is 16.6 Å². The molecule has 5 amide bonds. The lowest BCUT2D eigenvalue weighted by atomic mass is 10.0. The van der Waals surface area contributed by atoms with Crippen molar-refractivity contribution in [3.8, 4) is 5.69 Å². The molecule has 6 N–H and O–H groups in total. The van der Waals surface area contributed by atoms with Crippen LogP contribution in [0.2, 0.25) is 23.2 Å². The van der Waals surface area contributed by atoms with Gasteiger partial charge in [0.2, 0.25) is 5.91 Å². The number of aromatic nitrogens is 5. The van der Waals surface area contributed by atoms with E-state index in [0.29, 0.717) is 15.8 Å². The number of benzene rings is 3. The fourth-order valence-electron chi connectivity index (χ4n) is 6.99. The summed E-state index contributed by atoms with van der Waals surface area (Å²) >= 11 is 6.18. The molecule has 1 saturated heterocycles. The minimum absolute atomic E-state index is 0.0347. The van der Waals surface area contributed by atoms with Gasteiger partial charge < -0.3 is 40.8 Å². The molecule has 2 aromatic heterocycles. The fourth-order valence-corrected chi connectivity index (χ4v) is 9.66. The number of halogens is 1. The molecule has 0 radical (unpaired) electrons. The molecular weight excluding hydrogens is 916 g/mol. The molecule has 0 unspecified atom stereocenters. The van der Waals surface area contributed by atoms with Gasteiger partial charge in [-0.3, -0.25) is 14.4 Å². The van der Waals surface area contributed by atoms with Crippen LogP contribution < -0.4 is 21.3 Å². The minimum atomic E-state index is -3.20. The number of rotatable bonds is 14. The van der Waals surface area contributed by atoms with Gasteiger partial charge in [0.1, 0.15) is 27.9 Å². The lowest BCUT2D eigenvalue weighted by molar-refractivity contribution is -0.137. The predicted octanol–water partition coefficient (Wildman–Crippen LogP) is 5.23. The molecule has 6 rings (SSSR count). The van der Waals surface area contributed by atoms with E-state index < -0.39 is 65.7 Å². The Morgan fingerprint density at radius 2 is 1.59 bits per heavy atom. The first-order chi connectivity index (χ1) is 31.0. The van der Waals surface area contributed by atoms with Gasteiger partial charge in [0, 0.05) is 40.8 Å². The molecule has 3 heterocycles. The number of aromatic carboxylic acids is 1. The molecule has 0 spiro atoms. The second kappa shape index (κ2) is 19.8. The highest BCUT2D eigenvalue weighted by Gasteiger charge is 2.38. The second-order valence-corrected chi connectivity index (χ2v) is 24.7. The van der Waals surface area contributed by atoms with Crippen molar-refractivity contribution in [3.05, 3.63) is 89.3 Å². The third-order valence-corrected chi connectivity index (χ3v) is 18.1. The van der Waals surface area contributed by atoms with Crippen LogP contribution >= 0.6 is 11.6 Å². The molecular formula is C42H49ClN10O11SSi. The van der Waals surface area contributed by atoms with Gasteiger partial charge in [0.15, 0.2) is 8.32 Å². The van der Waals surface area contributed by atoms with E-state index in [-0.39, 0.29) is 88.0 Å². The Hall–Kier alpha value is -6.69. The van der Waals surface area contributed by atoms with Gasteiger partial charge in [-0.2, -0.15) is 4.68 Å². The zero-order valence-corrected chi connectivity index (χ0v) is 39.1. The maximum atomic E-state index is 14.0. The van der Waals surface area contributed by atoms with Gasteiger partial charge in [-0.15, -0.1) is 5.10 Å². The minimum Gasteiger partial charge on any atom is -0.477 e. The van der Waals surface area contributed by atoms with E-state index in [2.05, 4.69) is 70.7 Å². The number of amides is 5. The number of tetrazole rings is 1. The Labute approximate surface area is 384 Å². The van der Waals surface area contributed by atoms with Crippen LogP contribution in [0.3, 0.4) is 0 Å². The average Bonchev–Trinajstić information content (AvgIpc) is 3.92. The number of nitrogens with one attached hydrogen (secondary N) is 4. The topological polar surface area (TPSA) is 286 Å². The van der Waals surface area contributed by atoms with Crippen LogP contribution in [0, 0.1) is 0 Å². The molecule has 1 aliphatic heterocycles. The molecule has 5 aromatic rings. The number of hydrogen-bond donors (Lipinski definition) is 6. The van der Waals surface area contributed by atoms with E-state index in [1.165, 1.54) is 47.4 Å². The predicted molar refractivity (Wildman–Crippen MR) is 246 cm³/mol. The van der Waals surface area contributed by atoms with E-state index in [0.717, 1.165) is 6.07 Å². The van der Waals surface area contributed by atoms with E-state index in [4.69, 9.17) is 16.0 Å². The van der Waals surface area contributed by atoms with Crippen molar-refractivity contribution >= 4 is 93.5 Å². The number of nitrogens with zero attached hydrogens (tertiary/aromatic N) is 6. The fraction of sp³-hybridized carbons (Fsp3) is 0.357. The maximum Gasteiger partial charge on any atom is 0.416 e. The standard InChI is InChI=1S/C42H49ClN10O11SSi/c1-42(2,3)66(4,5)64-17-16-51(30-14-18-65(62,63)19-15-30)40(59)46-28-9-6-25(7-10-28)20-32(36(54)45-29-11-13-33-26(21-29)22-35(39(57)58)53(33)41(60)61)48-38(56)37(55)47-31-23-27(43)8-12-34(31)52-24-44-49-50-52/h6-13,21-24,30,32H,14-20H2,1-5H3,(H,45,54)(H,46,59)(H,47,55)(H,48,56)(H,57,58)(H,60,61)/t32-/m0/s1. The zero-order valence-electron chi connectivity index (χ0n) is 36.6. The lowest BCUT2D eigenvalue weighted by Crippen LogP contribution is -2.49. The van der Waals surface area contributed by atoms with Crippen LogP contribution in [0.15, 0.2) is 73.1 Å². The molecule has 21 nitrogen and oxygen atoms in total. The Bertz CT molecular complexity index is 2760. The van der Waals surface area contributed by atoms with Crippen molar-refractivity contribution in [2.75, 3.05) is 40.6 Å². The van der Waals surface area contributed by atoms with Crippen molar-refractivity contribution < 1.29 is 51.8 Å². The summed E-state index contributed by atoms with van der Waals surface area (Å²) in [5, 5.41) is 41.0. The Kier molecular flexibility index (Phi) is 14.6. The smallest absolute Gasteiger partial charge is 0.416 e. The number of carboxylic acid groups (broad SMARTS) is 2. The van der Waals surface area contributed by atoms with E-state index >= 15 is 0 Å². The summed E-state index contributed by atoms with van der Waals surface area (Å²) in [7, 11) is -5.36. The van der Waals surface area contributed by atoms with E-state index in [1.54, 1.807) is 29.2 Å². The summed E-state index contributed by atoms with van der Waals surface area (Å²) in [6, 6.07) is 13.8. The molecule has 66 heavy (non-hydrogen) atoms. The highest BCUT2D eigenvalue weighted by Crippen LogP contribution is 2.36. The summed E-state index contributed by atoms with van der Waals surface area (Å²) in [5.41, 5.74) is 0.866. The summed E-state index contributed by atoms with van der Waals surface area (Å²) in [5.74, 6) is -4.74. The molecule has 0 bridgehead atoms. The summed E-state index contributed by atoms with van der Waals surface area (Å²) in [6.45, 7) is 11.1. The van der Waals surface area contributed by atoms with Gasteiger partial charge in [-0.05, 0) is 102 Å². The molecule has 1 fully saturated rings. The number of carbonyl (C=O) groups excluding carboxylic acids is 4. The zero-order chi connectivity index (χ0) is 48.1. The number of carboxylic acids is 1. The van der Waals surface area contributed by atoms with Crippen molar-refractivity contribution in [1.82, 2.24) is 35.0 Å². The van der Waals surface area contributed by atoms with E-state index in [9.17, 15) is 47.4 Å². The van der Waals surface area contributed by atoms with Crippen molar-refractivity contribution in [2.24, 2.45) is 0 Å². The van der Waals surface area contributed by atoms with Crippen LogP contribution in [0.5, 0.6) is 0 Å². The van der Waals surface area contributed by atoms with Crippen molar-refractivity contribution in [3.63, 3.8) is 0 Å². The van der Waals surface area contributed by atoms with Crippen molar-refractivity contribution in [1.29, 1.82) is 0 Å². The number of hydrogen-bond acceptors (Lipinski definition) is 12. The first kappa shape index (κ1) is 48.8. The van der Waals surface area contributed by atoms with Gasteiger partial charge in [0.25, 0.3) is 0 Å². The van der Waals surface area contributed by atoms with E-state index in [1.807, 2.05) is 0 Å². The SMILES string of the molecule is CC(C)(C)[Si](C)(C)OCCN(C(=O)Nc1ccc(C[C@H](NC(=O)C(=O)Nc2cc(Cl)ccc2-n2cnnn2)C(=O)Nc2ccc3c(c2)cc(C(=O)O)n3C(=O)O)cc1)C1CCS(=O)(=O)CC1. The highest BCUT2D eigenvalue weighted by molar-refractivity contribution is 7.91. The quantitative estimate of drug-likeness (QED) is 0.0614. The second-order valence-electron chi connectivity index (χ2n) is 17.1. The number of sulfone groups is 1. The normalized spacial score (nSPS) is 14.5. The largest absolute Gasteiger partial charge is 0.477 e. The first-order valence-corrected chi connectivity index (χ1v) is 25.7. The first-order valence-electron chi connectivity index (χ1n) is 20.6. The molecule has 1 atom stereocenters.